The SMILES string of the molecule is CC(=O)C(O)C(N)Cc1ccccc1. The van der Waals surface area contributed by atoms with Crippen LogP contribution in [0.1, 0.15) is 12.5 Å². The second-order valence-electron chi connectivity index (χ2n) is 3.41. The number of carbonyl (C=O) groups excluding carboxylic acids is 1. The van der Waals surface area contributed by atoms with E-state index in [4.69, 9.17) is 5.73 Å². The molecule has 1 rings (SSSR count). The number of hydrogen-bond acceptors (Lipinski definition) is 3. The van der Waals surface area contributed by atoms with Gasteiger partial charge in [-0.1, -0.05) is 30.3 Å². The van der Waals surface area contributed by atoms with Gasteiger partial charge < -0.3 is 10.8 Å². The fraction of sp³-hybridized carbons (Fsp3) is 0.364. The molecule has 3 heteroatoms. The minimum absolute atomic E-state index is 0.284. The highest BCUT2D eigenvalue weighted by atomic mass is 16.3. The second-order valence-corrected chi connectivity index (χ2v) is 3.41. The maximum Gasteiger partial charge on any atom is 0.159 e. The summed E-state index contributed by atoms with van der Waals surface area (Å²) in [5.41, 5.74) is 6.71. The van der Waals surface area contributed by atoms with Crippen LogP contribution in [0.5, 0.6) is 0 Å². The van der Waals surface area contributed by atoms with E-state index >= 15 is 0 Å². The topological polar surface area (TPSA) is 63.3 Å². The molecule has 0 radical (unpaired) electrons. The van der Waals surface area contributed by atoms with E-state index in [1.165, 1.54) is 6.92 Å². The molecule has 1 aromatic rings. The van der Waals surface area contributed by atoms with Crippen molar-refractivity contribution in [3.63, 3.8) is 0 Å². The molecule has 2 unspecified atom stereocenters. The van der Waals surface area contributed by atoms with Crippen LogP contribution in [0, 0.1) is 0 Å². The Morgan fingerprint density at radius 2 is 2.00 bits per heavy atom. The number of aliphatic hydroxyl groups excluding tert-OH is 1. The molecule has 2 atom stereocenters. The number of aliphatic hydroxyl groups is 1. The molecule has 3 N–H and O–H groups in total. The Hall–Kier alpha value is -1.19. The first kappa shape index (κ1) is 10.9. The van der Waals surface area contributed by atoms with Crippen molar-refractivity contribution in [2.45, 2.75) is 25.5 Å². The van der Waals surface area contributed by atoms with Crippen molar-refractivity contribution in [1.82, 2.24) is 0 Å². The van der Waals surface area contributed by atoms with Crippen molar-refractivity contribution < 1.29 is 9.90 Å². The van der Waals surface area contributed by atoms with Gasteiger partial charge in [-0.15, -0.1) is 0 Å². The molecule has 1 aromatic carbocycles. The molecule has 0 bridgehead atoms. The van der Waals surface area contributed by atoms with Crippen molar-refractivity contribution in [1.29, 1.82) is 0 Å². The first-order chi connectivity index (χ1) is 6.61. The summed E-state index contributed by atoms with van der Waals surface area (Å²) in [5.74, 6) is -0.284. The monoisotopic (exact) mass is 193 g/mol. The number of carbonyl (C=O) groups is 1. The number of nitrogens with two attached hydrogens (primary N) is 1. The first-order valence-electron chi connectivity index (χ1n) is 4.59. The highest BCUT2D eigenvalue weighted by Gasteiger charge is 2.18. The van der Waals surface area contributed by atoms with Gasteiger partial charge in [0.1, 0.15) is 6.10 Å². The number of hydrogen-bond donors (Lipinski definition) is 2. The first-order valence-corrected chi connectivity index (χ1v) is 4.59. The summed E-state index contributed by atoms with van der Waals surface area (Å²) in [5, 5.41) is 9.38. The third kappa shape index (κ3) is 2.94. The van der Waals surface area contributed by atoms with E-state index in [2.05, 4.69) is 0 Å². The maximum absolute atomic E-state index is 10.8. The van der Waals surface area contributed by atoms with Gasteiger partial charge in [-0.3, -0.25) is 4.79 Å². The average molecular weight is 193 g/mol. The lowest BCUT2D eigenvalue weighted by atomic mass is 10.0. The molecule has 0 saturated heterocycles. The second kappa shape index (κ2) is 4.88. The number of benzene rings is 1. The summed E-state index contributed by atoms with van der Waals surface area (Å²) in [7, 11) is 0. The molecule has 0 fully saturated rings. The number of Topliss-reactive ketones (excluding diaryl/α,β-unsaturated/α-hetero) is 1. The Balaban J connectivity index is 2.57. The largest absolute Gasteiger partial charge is 0.384 e. The molecule has 0 spiro atoms. The summed E-state index contributed by atoms with van der Waals surface area (Å²) in [6.07, 6.45) is -0.545. The van der Waals surface area contributed by atoms with Crippen molar-refractivity contribution in [2.24, 2.45) is 5.73 Å². The normalized spacial score (nSPS) is 14.8. The van der Waals surface area contributed by atoms with Crippen molar-refractivity contribution >= 4 is 5.78 Å². The molecule has 0 aliphatic rings. The molecule has 0 amide bonds. The molecule has 76 valence electrons. The Bertz CT molecular complexity index is 297. The van der Waals surface area contributed by atoms with Crippen LogP contribution in [0.25, 0.3) is 0 Å². The predicted molar refractivity (Wildman–Crippen MR) is 54.8 cm³/mol. The molecule has 3 nitrogen and oxygen atoms in total. The maximum atomic E-state index is 10.8. The fourth-order valence-electron chi connectivity index (χ4n) is 1.30. The Kier molecular flexibility index (Phi) is 3.80. The summed E-state index contributed by atoms with van der Waals surface area (Å²) < 4.78 is 0. The van der Waals surface area contributed by atoms with E-state index in [0.29, 0.717) is 6.42 Å². The van der Waals surface area contributed by atoms with Crippen LogP contribution in [0.4, 0.5) is 0 Å². The van der Waals surface area contributed by atoms with E-state index in [0.717, 1.165) is 5.56 Å². The zero-order chi connectivity index (χ0) is 10.6. The smallest absolute Gasteiger partial charge is 0.159 e. The van der Waals surface area contributed by atoms with E-state index in [1.807, 2.05) is 30.3 Å². The van der Waals surface area contributed by atoms with E-state index < -0.39 is 12.1 Å². The zero-order valence-corrected chi connectivity index (χ0v) is 8.18. The Morgan fingerprint density at radius 3 is 2.50 bits per heavy atom. The minimum Gasteiger partial charge on any atom is -0.384 e. The Labute approximate surface area is 83.6 Å². The molecule has 0 aliphatic heterocycles. The minimum atomic E-state index is -1.06. The molecule has 0 aliphatic carbocycles. The van der Waals surface area contributed by atoms with Crippen molar-refractivity contribution in [2.75, 3.05) is 0 Å². The van der Waals surface area contributed by atoms with Crippen molar-refractivity contribution in [3.05, 3.63) is 35.9 Å². The van der Waals surface area contributed by atoms with Crippen LogP contribution in [-0.4, -0.2) is 23.0 Å². The third-order valence-corrected chi connectivity index (χ3v) is 2.14. The molecule has 0 aromatic heterocycles. The summed E-state index contributed by atoms with van der Waals surface area (Å²) >= 11 is 0. The standard InChI is InChI=1S/C11H15NO2/c1-8(13)11(14)10(12)7-9-5-3-2-4-6-9/h2-6,10-11,14H,7,12H2,1H3. The lowest BCUT2D eigenvalue weighted by molar-refractivity contribution is -0.125. The van der Waals surface area contributed by atoms with Gasteiger partial charge in [0.05, 0.1) is 0 Å². The van der Waals surface area contributed by atoms with E-state index in [9.17, 15) is 9.90 Å². The van der Waals surface area contributed by atoms with Crippen LogP contribution in [0.2, 0.25) is 0 Å². The van der Waals surface area contributed by atoms with Gasteiger partial charge in [-0.05, 0) is 18.9 Å². The van der Waals surface area contributed by atoms with E-state index in [-0.39, 0.29) is 5.78 Å². The quantitative estimate of drug-likeness (QED) is 0.732. The molecular formula is C11H15NO2. The molecule has 0 saturated carbocycles. The van der Waals surface area contributed by atoms with Crippen LogP contribution in [0.15, 0.2) is 30.3 Å². The lowest BCUT2D eigenvalue weighted by Gasteiger charge is -2.15. The summed E-state index contributed by atoms with van der Waals surface area (Å²) in [4.78, 5) is 10.8. The van der Waals surface area contributed by atoms with Gasteiger partial charge in [0, 0.05) is 6.04 Å². The van der Waals surface area contributed by atoms with Gasteiger partial charge >= 0.3 is 0 Å². The van der Waals surface area contributed by atoms with Gasteiger partial charge in [0.15, 0.2) is 5.78 Å². The van der Waals surface area contributed by atoms with Crippen LogP contribution in [-0.2, 0) is 11.2 Å². The van der Waals surface area contributed by atoms with Gasteiger partial charge in [-0.2, -0.15) is 0 Å². The predicted octanol–water partition coefficient (Wildman–Crippen LogP) is 0.506. The van der Waals surface area contributed by atoms with Gasteiger partial charge in [0.25, 0.3) is 0 Å². The lowest BCUT2D eigenvalue weighted by Crippen LogP contribution is -2.40. The zero-order valence-electron chi connectivity index (χ0n) is 8.18. The van der Waals surface area contributed by atoms with E-state index in [1.54, 1.807) is 0 Å². The Morgan fingerprint density at radius 1 is 1.43 bits per heavy atom. The highest BCUT2D eigenvalue weighted by Crippen LogP contribution is 2.04. The van der Waals surface area contributed by atoms with Crippen LogP contribution >= 0.6 is 0 Å². The number of rotatable bonds is 4. The summed E-state index contributed by atoms with van der Waals surface area (Å²) in [6.45, 7) is 1.34. The fourth-order valence-corrected chi connectivity index (χ4v) is 1.30. The molecule has 0 heterocycles. The molecule has 14 heavy (non-hydrogen) atoms. The third-order valence-electron chi connectivity index (χ3n) is 2.14. The average Bonchev–Trinajstić information content (AvgIpc) is 2.18. The van der Waals surface area contributed by atoms with Crippen molar-refractivity contribution in [3.8, 4) is 0 Å². The van der Waals surface area contributed by atoms with Gasteiger partial charge in [-0.25, -0.2) is 0 Å². The number of ketones is 1. The van der Waals surface area contributed by atoms with Crippen LogP contribution in [0.3, 0.4) is 0 Å². The summed E-state index contributed by atoms with van der Waals surface area (Å²) in [6, 6.07) is 9.05. The van der Waals surface area contributed by atoms with Crippen LogP contribution < -0.4 is 5.73 Å². The molecular weight excluding hydrogens is 178 g/mol. The highest BCUT2D eigenvalue weighted by molar-refractivity contribution is 5.80. The van der Waals surface area contributed by atoms with Gasteiger partial charge in [0.2, 0.25) is 0 Å².